The van der Waals surface area contributed by atoms with Crippen LogP contribution in [0, 0.1) is 0 Å². The first-order valence-electron chi connectivity index (χ1n) is 7.38. The van der Waals surface area contributed by atoms with Gasteiger partial charge in [0.25, 0.3) is 5.91 Å². The SMILES string of the molecule is CC(C)N[C@@H]1CC[C@@H]1NC(=O)c1cnc2c(c1)ncn2C. The number of nitrogens with one attached hydrogen (secondary N) is 2. The van der Waals surface area contributed by atoms with Crippen LogP contribution in [0.1, 0.15) is 37.0 Å². The van der Waals surface area contributed by atoms with E-state index in [1.165, 1.54) is 0 Å². The van der Waals surface area contributed by atoms with E-state index in [9.17, 15) is 4.79 Å². The Morgan fingerprint density at radius 3 is 2.76 bits per heavy atom. The smallest absolute Gasteiger partial charge is 0.253 e. The Hall–Kier alpha value is -1.95. The van der Waals surface area contributed by atoms with Crippen LogP contribution in [0.3, 0.4) is 0 Å². The summed E-state index contributed by atoms with van der Waals surface area (Å²) in [5.74, 6) is -0.0738. The van der Waals surface area contributed by atoms with Crippen LogP contribution in [0.15, 0.2) is 18.6 Å². The van der Waals surface area contributed by atoms with Gasteiger partial charge in [0.2, 0.25) is 0 Å². The molecule has 2 aromatic heterocycles. The van der Waals surface area contributed by atoms with Gasteiger partial charge in [-0.2, -0.15) is 0 Å². The van der Waals surface area contributed by atoms with Crippen LogP contribution in [0.2, 0.25) is 0 Å². The molecule has 1 saturated carbocycles. The first kappa shape index (κ1) is 14.0. The lowest BCUT2D eigenvalue weighted by molar-refractivity contribution is 0.0890. The number of rotatable bonds is 4. The maximum absolute atomic E-state index is 12.3. The van der Waals surface area contributed by atoms with Crippen molar-refractivity contribution in [2.45, 2.75) is 44.8 Å². The van der Waals surface area contributed by atoms with Gasteiger partial charge < -0.3 is 15.2 Å². The molecule has 0 aliphatic heterocycles. The van der Waals surface area contributed by atoms with Crippen molar-refractivity contribution >= 4 is 17.1 Å². The zero-order valence-corrected chi connectivity index (χ0v) is 12.6. The Kier molecular flexibility index (Phi) is 3.63. The standard InChI is InChI=1S/C15H21N5O/c1-9(2)18-11-4-5-12(11)19-15(21)10-6-13-14(16-7-10)20(3)8-17-13/h6-9,11-12,18H,4-5H2,1-3H3,(H,19,21)/t11-,12+/m1/s1. The zero-order valence-electron chi connectivity index (χ0n) is 12.6. The van der Waals surface area contributed by atoms with Gasteiger partial charge in [-0.15, -0.1) is 0 Å². The Labute approximate surface area is 124 Å². The lowest BCUT2D eigenvalue weighted by atomic mass is 9.85. The van der Waals surface area contributed by atoms with E-state index in [1.54, 1.807) is 18.6 Å². The molecule has 6 heteroatoms. The normalized spacial score (nSPS) is 21.5. The Bertz CT molecular complexity index is 663. The quantitative estimate of drug-likeness (QED) is 0.887. The van der Waals surface area contributed by atoms with Gasteiger partial charge in [0, 0.05) is 31.4 Å². The first-order valence-corrected chi connectivity index (χ1v) is 7.38. The molecular weight excluding hydrogens is 266 g/mol. The molecule has 2 aromatic rings. The van der Waals surface area contributed by atoms with Gasteiger partial charge in [0.05, 0.1) is 11.9 Å². The third-order valence-corrected chi connectivity index (χ3v) is 3.95. The number of aromatic nitrogens is 3. The van der Waals surface area contributed by atoms with E-state index in [0.29, 0.717) is 17.6 Å². The Morgan fingerprint density at radius 2 is 2.10 bits per heavy atom. The van der Waals surface area contributed by atoms with E-state index in [4.69, 9.17) is 0 Å². The first-order chi connectivity index (χ1) is 10.0. The summed E-state index contributed by atoms with van der Waals surface area (Å²) in [5, 5.41) is 6.56. The fourth-order valence-electron chi connectivity index (χ4n) is 2.69. The number of imidazole rings is 1. The Balaban J connectivity index is 1.69. The third-order valence-electron chi connectivity index (χ3n) is 3.95. The summed E-state index contributed by atoms with van der Waals surface area (Å²) in [5.41, 5.74) is 2.10. The summed E-state index contributed by atoms with van der Waals surface area (Å²) in [6.07, 6.45) is 5.45. The molecule has 1 fully saturated rings. The van der Waals surface area contributed by atoms with Crippen molar-refractivity contribution in [3.05, 3.63) is 24.2 Å². The van der Waals surface area contributed by atoms with Crippen molar-refractivity contribution in [3.8, 4) is 0 Å². The number of aryl methyl sites for hydroxylation is 1. The van der Waals surface area contributed by atoms with E-state index in [1.807, 2.05) is 11.6 Å². The van der Waals surface area contributed by atoms with Crippen molar-refractivity contribution in [2.75, 3.05) is 0 Å². The molecule has 6 nitrogen and oxygen atoms in total. The van der Waals surface area contributed by atoms with Crippen molar-refractivity contribution in [1.29, 1.82) is 0 Å². The number of carbonyl (C=O) groups excluding carboxylic acids is 1. The number of hydrogen-bond donors (Lipinski definition) is 2. The van der Waals surface area contributed by atoms with E-state index in [2.05, 4.69) is 34.4 Å². The van der Waals surface area contributed by atoms with E-state index in [0.717, 1.165) is 24.0 Å². The lowest BCUT2D eigenvalue weighted by Crippen LogP contribution is -2.58. The van der Waals surface area contributed by atoms with Crippen molar-refractivity contribution in [2.24, 2.45) is 7.05 Å². The van der Waals surface area contributed by atoms with Crippen molar-refractivity contribution in [1.82, 2.24) is 25.2 Å². The van der Waals surface area contributed by atoms with Crippen LogP contribution in [-0.4, -0.2) is 38.6 Å². The number of amides is 1. The molecule has 0 unspecified atom stereocenters. The van der Waals surface area contributed by atoms with Gasteiger partial charge in [-0.1, -0.05) is 13.8 Å². The molecule has 2 atom stereocenters. The topological polar surface area (TPSA) is 71.8 Å². The molecule has 0 spiro atoms. The van der Waals surface area contributed by atoms with Crippen LogP contribution < -0.4 is 10.6 Å². The molecule has 0 bridgehead atoms. The highest BCUT2D eigenvalue weighted by molar-refractivity contribution is 5.96. The highest BCUT2D eigenvalue weighted by Gasteiger charge is 2.32. The largest absolute Gasteiger partial charge is 0.348 e. The summed E-state index contributed by atoms with van der Waals surface area (Å²) < 4.78 is 1.84. The van der Waals surface area contributed by atoms with Gasteiger partial charge in [0.15, 0.2) is 5.65 Å². The van der Waals surface area contributed by atoms with Gasteiger partial charge in [-0.3, -0.25) is 4.79 Å². The number of pyridine rings is 1. The lowest BCUT2D eigenvalue weighted by Gasteiger charge is -2.39. The Morgan fingerprint density at radius 1 is 1.33 bits per heavy atom. The summed E-state index contributed by atoms with van der Waals surface area (Å²) in [6, 6.07) is 2.81. The molecule has 112 valence electrons. The average Bonchev–Trinajstić information content (AvgIpc) is 2.82. The van der Waals surface area contributed by atoms with Crippen molar-refractivity contribution < 1.29 is 4.79 Å². The maximum Gasteiger partial charge on any atom is 0.253 e. The average molecular weight is 287 g/mol. The molecule has 0 saturated heterocycles. The molecule has 2 heterocycles. The second kappa shape index (κ2) is 5.44. The second-order valence-corrected chi connectivity index (χ2v) is 6.01. The van der Waals surface area contributed by atoms with Crippen LogP contribution in [0.25, 0.3) is 11.2 Å². The monoisotopic (exact) mass is 287 g/mol. The van der Waals surface area contributed by atoms with E-state index in [-0.39, 0.29) is 11.9 Å². The molecule has 1 amide bonds. The van der Waals surface area contributed by atoms with Gasteiger partial charge in [-0.25, -0.2) is 9.97 Å². The van der Waals surface area contributed by atoms with Crippen LogP contribution in [0.5, 0.6) is 0 Å². The number of nitrogens with zero attached hydrogens (tertiary/aromatic N) is 3. The minimum Gasteiger partial charge on any atom is -0.348 e. The summed E-state index contributed by atoms with van der Waals surface area (Å²) in [6.45, 7) is 4.24. The van der Waals surface area contributed by atoms with Crippen LogP contribution >= 0.6 is 0 Å². The minimum atomic E-state index is -0.0738. The third kappa shape index (κ3) is 2.76. The van der Waals surface area contributed by atoms with Crippen LogP contribution in [0.4, 0.5) is 0 Å². The van der Waals surface area contributed by atoms with Crippen LogP contribution in [-0.2, 0) is 7.05 Å². The molecule has 2 N–H and O–H groups in total. The molecular formula is C15H21N5O. The molecule has 21 heavy (non-hydrogen) atoms. The zero-order chi connectivity index (χ0) is 15.0. The summed E-state index contributed by atoms with van der Waals surface area (Å²) in [4.78, 5) is 20.9. The second-order valence-electron chi connectivity index (χ2n) is 6.01. The predicted octanol–water partition coefficient (Wildman–Crippen LogP) is 1.23. The number of hydrogen-bond acceptors (Lipinski definition) is 4. The molecule has 3 rings (SSSR count). The van der Waals surface area contributed by atoms with Gasteiger partial charge in [-0.05, 0) is 18.9 Å². The maximum atomic E-state index is 12.3. The minimum absolute atomic E-state index is 0.0738. The highest BCUT2D eigenvalue weighted by Crippen LogP contribution is 2.21. The summed E-state index contributed by atoms with van der Waals surface area (Å²) >= 11 is 0. The predicted molar refractivity (Wildman–Crippen MR) is 81.1 cm³/mol. The fourth-order valence-corrected chi connectivity index (χ4v) is 2.69. The number of carbonyl (C=O) groups is 1. The number of fused-ring (bicyclic) bond motifs is 1. The van der Waals surface area contributed by atoms with Gasteiger partial charge in [0.1, 0.15) is 5.52 Å². The van der Waals surface area contributed by atoms with Crippen molar-refractivity contribution in [3.63, 3.8) is 0 Å². The molecule has 0 radical (unpaired) electrons. The molecule has 0 aromatic carbocycles. The highest BCUT2D eigenvalue weighted by atomic mass is 16.1. The summed E-state index contributed by atoms with van der Waals surface area (Å²) in [7, 11) is 1.89. The molecule has 1 aliphatic rings. The van der Waals surface area contributed by atoms with E-state index >= 15 is 0 Å². The van der Waals surface area contributed by atoms with E-state index < -0.39 is 0 Å². The fraction of sp³-hybridized carbons (Fsp3) is 0.533. The molecule has 1 aliphatic carbocycles. The van der Waals surface area contributed by atoms with Gasteiger partial charge >= 0.3 is 0 Å².